The van der Waals surface area contributed by atoms with E-state index in [4.69, 9.17) is 16.0 Å². The third-order valence-electron chi connectivity index (χ3n) is 3.70. The molecule has 0 atom stereocenters. The molecule has 26 heavy (non-hydrogen) atoms. The lowest BCUT2D eigenvalue weighted by Gasteiger charge is -2.14. The molecular weight excluding hydrogens is 352 g/mol. The molecule has 0 spiro atoms. The highest BCUT2D eigenvalue weighted by molar-refractivity contribution is 6.33. The monoisotopic (exact) mass is 370 g/mol. The van der Waals surface area contributed by atoms with Crippen molar-refractivity contribution in [2.45, 2.75) is 13.5 Å². The van der Waals surface area contributed by atoms with Gasteiger partial charge >= 0.3 is 0 Å². The summed E-state index contributed by atoms with van der Waals surface area (Å²) in [5, 5.41) is 11.4. The van der Waals surface area contributed by atoms with Crippen LogP contribution in [0, 0.1) is 6.92 Å². The van der Waals surface area contributed by atoms with Gasteiger partial charge in [-0.3, -0.25) is 9.69 Å². The average molecular weight is 371 g/mol. The number of rotatable bonds is 6. The van der Waals surface area contributed by atoms with E-state index in [-0.39, 0.29) is 12.5 Å². The topological polar surface area (TPSA) is 71.3 Å². The Hall–Kier alpha value is -2.70. The number of benzene rings is 2. The number of hydrogen-bond acceptors (Lipinski definition) is 5. The van der Waals surface area contributed by atoms with E-state index in [9.17, 15) is 4.79 Å². The molecular formula is C19H19ClN4O2. The largest absolute Gasteiger partial charge is 0.419 e. The molecule has 0 saturated carbocycles. The van der Waals surface area contributed by atoms with Crippen LogP contribution in [0.3, 0.4) is 0 Å². The SMILES string of the molecule is Cc1cccc(-c2nnc(CN(C)CC(=O)Nc3ccccc3Cl)o2)c1. The van der Waals surface area contributed by atoms with Gasteiger partial charge in [-0.2, -0.15) is 0 Å². The van der Waals surface area contributed by atoms with Gasteiger partial charge in [0, 0.05) is 5.56 Å². The Bertz CT molecular complexity index is 910. The second-order valence-corrected chi connectivity index (χ2v) is 6.48. The van der Waals surface area contributed by atoms with Crippen molar-refractivity contribution in [3.05, 3.63) is 65.0 Å². The number of aryl methyl sites for hydroxylation is 1. The maximum atomic E-state index is 12.2. The Labute approximate surface area is 156 Å². The number of aromatic nitrogens is 2. The number of nitrogens with zero attached hydrogens (tertiary/aromatic N) is 3. The summed E-state index contributed by atoms with van der Waals surface area (Å²) in [4.78, 5) is 13.9. The molecule has 7 heteroatoms. The number of amides is 1. The number of likely N-dealkylation sites (N-methyl/N-ethyl adjacent to an activating group) is 1. The molecule has 0 radical (unpaired) electrons. The van der Waals surface area contributed by atoms with Crippen LogP contribution in [0.15, 0.2) is 52.9 Å². The van der Waals surface area contributed by atoms with Gasteiger partial charge in [0.05, 0.1) is 23.8 Å². The van der Waals surface area contributed by atoms with Gasteiger partial charge in [-0.25, -0.2) is 0 Å². The third kappa shape index (κ3) is 4.68. The summed E-state index contributed by atoms with van der Waals surface area (Å²) >= 11 is 6.05. The first-order valence-electron chi connectivity index (χ1n) is 8.13. The number of para-hydroxylation sites is 1. The van der Waals surface area contributed by atoms with Gasteiger partial charge in [-0.05, 0) is 38.2 Å². The van der Waals surface area contributed by atoms with E-state index in [1.165, 1.54) is 0 Å². The van der Waals surface area contributed by atoms with Crippen LogP contribution in [0.2, 0.25) is 5.02 Å². The number of carbonyl (C=O) groups excluding carboxylic acids is 1. The van der Waals surface area contributed by atoms with E-state index < -0.39 is 0 Å². The van der Waals surface area contributed by atoms with Crippen LogP contribution in [0.5, 0.6) is 0 Å². The van der Waals surface area contributed by atoms with Crippen molar-refractivity contribution in [1.82, 2.24) is 15.1 Å². The highest BCUT2D eigenvalue weighted by atomic mass is 35.5. The van der Waals surface area contributed by atoms with Gasteiger partial charge in [0.1, 0.15) is 0 Å². The first kappa shape index (κ1) is 18.1. The van der Waals surface area contributed by atoms with Crippen LogP contribution < -0.4 is 5.32 Å². The van der Waals surface area contributed by atoms with Gasteiger partial charge < -0.3 is 9.73 Å². The van der Waals surface area contributed by atoms with Crippen molar-refractivity contribution in [1.29, 1.82) is 0 Å². The molecule has 3 aromatic rings. The molecule has 0 fully saturated rings. The lowest BCUT2D eigenvalue weighted by molar-refractivity contribution is -0.117. The molecule has 1 amide bonds. The second-order valence-electron chi connectivity index (χ2n) is 6.07. The summed E-state index contributed by atoms with van der Waals surface area (Å²) < 4.78 is 5.70. The Balaban J connectivity index is 1.57. The van der Waals surface area contributed by atoms with E-state index >= 15 is 0 Å². The van der Waals surface area contributed by atoms with Crippen molar-refractivity contribution >= 4 is 23.2 Å². The van der Waals surface area contributed by atoms with Gasteiger partial charge in [0.2, 0.25) is 17.7 Å². The molecule has 1 N–H and O–H groups in total. The first-order chi connectivity index (χ1) is 12.5. The standard InChI is InChI=1S/C19H19ClN4O2/c1-13-6-5-7-14(10-13)19-23-22-18(26-19)12-24(2)11-17(25)21-16-9-4-3-8-15(16)20/h3-10H,11-12H2,1-2H3,(H,21,25). The fourth-order valence-corrected chi connectivity index (χ4v) is 2.68. The number of hydrogen-bond donors (Lipinski definition) is 1. The molecule has 0 saturated heterocycles. The minimum Gasteiger partial charge on any atom is -0.419 e. The maximum Gasteiger partial charge on any atom is 0.247 e. The predicted molar refractivity (Wildman–Crippen MR) is 101 cm³/mol. The molecule has 6 nitrogen and oxygen atoms in total. The lowest BCUT2D eigenvalue weighted by atomic mass is 10.1. The van der Waals surface area contributed by atoms with Crippen molar-refractivity contribution in [3.8, 4) is 11.5 Å². The zero-order chi connectivity index (χ0) is 18.5. The third-order valence-corrected chi connectivity index (χ3v) is 4.03. The van der Waals surface area contributed by atoms with Crippen LogP contribution in [0.4, 0.5) is 5.69 Å². The smallest absolute Gasteiger partial charge is 0.247 e. The van der Waals surface area contributed by atoms with Gasteiger partial charge in [0.15, 0.2) is 0 Å². The van der Waals surface area contributed by atoms with Crippen molar-refractivity contribution < 1.29 is 9.21 Å². The number of carbonyl (C=O) groups is 1. The molecule has 0 unspecified atom stereocenters. The normalized spacial score (nSPS) is 10.9. The van der Waals surface area contributed by atoms with Crippen LogP contribution in [-0.4, -0.2) is 34.6 Å². The summed E-state index contributed by atoms with van der Waals surface area (Å²) in [6.07, 6.45) is 0. The average Bonchev–Trinajstić information content (AvgIpc) is 3.05. The number of halogens is 1. The van der Waals surface area contributed by atoms with Crippen LogP contribution >= 0.6 is 11.6 Å². The van der Waals surface area contributed by atoms with E-state index in [0.717, 1.165) is 11.1 Å². The molecule has 1 heterocycles. The van der Waals surface area contributed by atoms with Crippen molar-refractivity contribution in [3.63, 3.8) is 0 Å². The molecule has 2 aromatic carbocycles. The summed E-state index contributed by atoms with van der Waals surface area (Å²) in [5.74, 6) is 0.756. The Morgan fingerprint density at radius 2 is 2.00 bits per heavy atom. The van der Waals surface area contributed by atoms with Crippen molar-refractivity contribution in [2.24, 2.45) is 0 Å². The quantitative estimate of drug-likeness (QED) is 0.715. The molecule has 3 rings (SSSR count). The maximum absolute atomic E-state index is 12.2. The second kappa shape index (κ2) is 8.12. The van der Waals surface area contributed by atoms with E-state index in [1.54, 1.807) is 17.0 Å². The van der Waals surface area contributed by atoms with Crippen LogP contribution in [0.25, 0.3) is 11.5 Å². The summed E-state index contributed by atoms with van der Waals surface area (Å²) in [6, 6.07) is 15.0. The Morgan fingerprint density at radius 1 is 1.19 bits per heavy atom. The Morgan fingerprint density at radius 3 is 2.77 bits per heavy atom. The Kier molecular flexibility index (Phi) is 5.65. The highest BCUT2D eigenvalue weighted by Crippen LogP contribution is 2.21. The summed E-state index contributed by atoms with van der Waals surface area (Å²) in [6.45, 7) is 2.55. The fraction of sp³-hybridized carbons (Fsp3) is 0.211. The number of anilines is 1. The van der Waals surface area contributed by atoms with E-state index in [1.807, 2.05) is 50.4 Å². The highest BCUT2D eigenvalue weighted by Gasteiger charge is 2.13. The minimum absolute atomic E-state index is 0.168. The summed E-state index contributed by atoms with van der Waals surface area (Å²) in [7, 11) is 1.81. The fourth-order valence-electron chi connectivity index (χ4n) is 2.50. The minimum atomic E-state index is -0.168. The molecule has 1 aromatic heterocycles. The zero-order valence-electron chi connectivity index (χ0n) is 14.6. The van der Waals surface area contributed by atoms with E-state index in [0.29, 0.717) is 29.0 Å². The molecule has 0 aliphatic rings. The zero-order valence-corrected chi connectivity index (χ0v) is 15.3. The van der Waals surface area contributed by atoms with Crippen LogP contribution in [0.1, 0.15) is 11.5 Å². The molecule has 134 valence electrons. The van der Waals surface area contributed by atoms with Crippen molar-refractivity contribution in [2.75, 3.05) is 18.9 Å². The summed E-state index contributed by atoms with van der Waals surface area (Å²) in [5.41, 5.74) is 2.59. The number of nitrogens with one attached hydrogen (secondary N) is 1. The predicted octanol–water partition coefficient (Wildman–Crippen LogP) is 3.77. The van der Waals surface area contributed by atoms with Gasteiger partial charge in [0.25, 0.3) is 0 Å². The van der Waals surface area contributed by atoms with Crippen LogP contribution in [-0.2, 0) is 11.3 Å². The van der Waals surface area contributed by atoms with Gasteiger partial charge in [-0.1, -0.05) is 41.4 Å². The first-order valence-corrected chi connectivity index (χ1v) is 8.51. The van der Waals surface area contributed by atoms with E-state index in [2.05, 4.69) is 15.5 Å². The molecule has 0 aliphatic heterocycles. The van der Waals surface area contributed by atoms with Gasteiger partial charge in [-0.15, -0.1) is 10.2 Å². The lowest BCUT2D eigenvalue weighted by Crippen LogP contribution is -2.30. The molecule has 0 bridgehead atoms. The molecule has 0 aliphatic carbocycles.